The van der Waals surface area contributed by atoms with Crippen LogP contribution in [0.1, 0.15) is 16.8 Å². The second-order valence-corrected chi connectivity index (χ2v) is 6.30. The van der Waals surface area contributed by atoms with Crippen molar-refractivity contribution in [3.05, 3.63) is 24.2 Å². The van der Waals surface area contributed by atoms with E-state index in [1.807, 2.05) is 0 Å². The number of carbonyl (C=O) groups excluding carboxylic acids is 1. The minimum Gasteiger partial charge on any atom is -0.472 e. The summed E-state index contributed by atoms with van der Waals surface area (Å²) in [5.74, 6) is -0.112. The van der Waals surface area contributed by atoms with E-state index in [-0.39, 0.29) is 5.91 Å². The molecular formula is C11H16N2O4S. The lowest BCUT2D eigenvalue weighted by molar-refractivity contribution is 0.0763. The predicted octanol–water partition coefficient (Wildman–Crippen LogP) is 0.387. The molecule has 1 aliphatic rings. The Kier molecular flexibility index (Phi) is 3.72. The van der Waals surface area contributed by atoms with Crippen LogP contribution in [0.4, 0.5) is 0 Å². The normalized spacial score (nSPS) is 18.6. The summed E-state index contributed by atoms with van der Waals surface area (Å²) in [5.41, 5.74) is 0.503. The topological polar surface area (TPSA) is 70.8 Å². The monoisotopic (exact) mass is 272 g/mol. The molecule has 100 valence electrons. The van der Waals surface area contributed by atoms with Crippen molar-refractivity contribution < 1.29 is 17.6 Å². The van der Waals surface area contributed by atoms with Gasteiger partial charge in [-0.25, -0.2) is 12.7 Å². The number of carbonyl (C=O) groups is 1. The molecule has 1 saturated heterocycles. The molecule has 2 heterocycles. The number of amides is 1. The van der Waals surface area contributed by atoms with Crippen molar-refractivity contribution in [1.82, 2.24) is 9.21 Å². The summed E-state index contributed by atoms with van der Waals surface area (Å²) < 4.78 is 29.2. The molecule has 1 fully saturated rings. The Bertz CT molecular complexity index is 509. The third-order valence-corrected chi connectivity index (χ3v) is 4.28. The molecule has 0 spiro atoms. The molecule has 0 aliphatic carbocycles. The quantitative estimate of drug-likeness (QED) is 0.780. The highest BCUT2D eigenvalue weighted by molar-refractivity contribution is 7.88. The molecule has 7 heteroatoms. The van der Waals surface area contributed by atoms with Crippen LogP contribution in [0.5, 0.6) is 0 Å². The van der Waals surface area contributed by atoms with Crippen molar-refractivity contribution in [2.75, 3.05) is 32.4 Å². The van der Waals surface area contributed by atoms with E-state index in [0.717, 1.165) is 0 Å². The molecular weight excluding hydrogens is 256 g/mol. The molecule has 0 radical (unpaired) electrons. The average molecular weight is 272 g/mol. The minimum atomic E-state index is -3.18. The zero-order valence-corrected chi connectivity index (χ0v) is 11.0. The molecule has 0 saturated carbocycles. The van der Waals surface area contributed by atoms with Gasteiger partial charge in [0, 0.05) is 26.2 Å². The van der Waals surface area contributed by atoms with Crippen LogP contribution in [0.2, 0.25) is 0 Å². The highest BCUT2D eigenvalue weighted by atomic mass is 32.2. The van der Waals surface area contributed by atoms with Crippen molar-refractivity contribution in [3.8, 4) is 0 Å². The number of rotatable bonds is 2. The van der Waals surface area contributed by atoms with Crippen LogP contribution in [0.25, 0.3) is 0 Å². The summed E-state index contributed by atoms with van der Waals surface area (Å²) in [6.07, 6.45) is 4.70. The summed E-state index contributed by atoms with van der Waals surface area (Å²) in [6, 6.07) is 1.61. The fourth-order valence-corrected chi connectivity index (χ4v) is 2.87. The first-order valence-corrected chi connectivity index (χ1v) is 7.60. The van der Waals surface area contributed by atoms with E-state index >= 15 is 0 Å². The molecule has 0 N–H and O–H groups in total. The van der Waals surface area contributed by atoms with Crippen molar-refractivity contribution in [2.24, 2.45) is 0 Å². The highest BCUT2D eigenvalue weighted by Crippen LogP contribution is 2.11. The second kappa shape index (κ2) is 5.11. The van der Waals surface area contributed by atoms with Crippen LogP contribution in [-0.4, -0.2) is 56.0 Å². The maximum atomic E-state index is 12.1. The van der Waals surface area contributed by atoms with E-state index in [2.05, 4.69) is 0 Å². The summed E-state index contributed by atoms with van der Waals surface area (Å²) in [4.78, 5) is 13.7. The van der Waals surface area contributed by atoms with Crippen LogP contribution in [0.15, 0.2) is 23.0 Å². The molecule has 1 aromatic heterocycles. The fraction of sp³-hybridized carbons (Fsp3) is 0.545. The van der Waals surface area contributed by atoms with Gasteiger partial charge in [-0.3, -0.25) is 4.79 Å². The predicted molar refractivity (Wildman–Crippen MR) is 65.6 cm³/mol. The van der Waals surface area contributed by atoms with Crippen molar-refractivity contribution in [3.63, 3.8) is 0 Å². The van der Waals surface area contributed by atoms with Gasteiger partial charge in [0.1, 0.15) is 6.26 Å². The highest BCUT2D eigenvalue weighted by Gasteiger charge is 2.24. The molecule has 1 amide bonds. The van der Waals surface area contributed by atoms with Crippen LogP contribution in [0, 0.1) is 0 Å². The molecule has 0 atom stereocenters. The van der Waals surface area contributed by atoms with Gasteiger partial charge in [-0.2, -0.15) is 0 Å². The van der Waals surface area contributed by atoms with E-state index in [1.54, 1.807) is 11.0 Å². The maximum Gasteiger partial charge on any atom is 0.257 e. The van der Waals surface area contributed by atoms with Crippen molar-refractivity contribution in [1.29, 1.82) is 0 Å². The third kappa shape index (κ3) is 2.91. The lowest BCUT2D eigenvalue weighted by Crippen LogP contribution is -2.36. The summed E-state index contributed by atoms with van der Waals surface area (Å²) in [6.45, 7) is 1.80. The Labute approximate surface area is 106 Å². The number of nitrogens with zero attached hydrogens (tertiary/aromatic N) is 2. The molecule has 0 aromatic carbocycles. The van der Waals surface area contributed by atoms with Crippen molar-refractivity contribution >= 4 is 15.9 Å². The number of sulfonamides is 1. The van der Waals surface area contributed by atoms with Gasteiger partial charge in [0.25, 0.3) is 5.91 Å². The van der Waals surface area contributed by atoms with E-state index in [1.165, 1.54) is 23.1 Å². The molecule has 1 aromatic rings. The van der Waals surface area contributed by atoms with E-state index in [0.29, 0.717) is 38.2 Å². The molecule has 0 bridgehead atoms. The van der Waals surface area contributed by atoms with Crippen LogP contribution < -0.4 is 0 Å². The molecule has 1 aliphatic heterocycles. The zero-order valence-electron chi connectivity index (χ0n) is 10.2. The second-order valence-electron chi connectivity index (χ2n) is 4.32. The lowest BCUT2D eigenvalue weighted by Gasteiger charge is -2.20. The van der Waals surface area contributed by atoms with Gasteiger partial charge in [0.2, 0.25) is 10.0 Å². The van der Waals surface area contributed by atoms with E-state index in [4.69, 9.17) is 4.42 Å². The first kappa shape index (κ1) is 13.1. The Balaban J connectivity index is 2.04. The molecule has 2 rings (SSSR count). The van der Waals surface area contributed by atoms with Gasteiger partial charge in [0.15, 0.2) is 0 Å². The summed E-state index contributed by atoms with van der Waals surface area (Å²) in [7, 11) is -3.18. The largest absolute Gasteiger partial charge is 0.472 e. The van der Waals surface area contributed by atoms with Gasteiger partial charge in [-0.1, -0.05) is 0 Å². The number of hydrogen-bond acceptors (Lipinski definition) is 4. The Morgan fingerprint density at radius 1 is 1.28 bits per heavy atom. The van der Waals surface area contributed by atoms with E-state index < -0.39 is 10.0 Å². The molecule has 0 unspecified atom stereocenters. The standard InChI is InChI=1S/C11H16N2O4S/c1-18(15,16)13-5-2-4-12(6-7-13)11(14)10-3-8-17-9-10/h3,8-9H,2,4-7H2,1H3. The smallest absolute Gasteiger partial charge is 0.257 e. The van der Waals surface area contributed by atoms with Gasteiger partial charge < -0.3 is 9.32 Å². The first-order valence-electron chi connectivity index (χ1n) is 5.75. The van der Waals surface area contributed by atoms with Gasteiger partial charge in [-0.05, 0) is 12.5 Å². The Hall–Kier alpha value is -1.34. The maximum absolute atomic E-state index is 12.1. The van der Waals surface area contributed by atoms with Crippen LogP contribution in [-0.2, 0) is 10.0 Å². The van der Waals surface area contributed by atoms with Gasteiger partial charge in [-0.15, -0.1) is 0 Å². The number of furan rings is 1. The SMILES string of the molecule is CS(=O)(=O)N1CCCN(C(=O)c2ccoc2)CC1. The van der Waals surface area contributed by atoms with E-state index in [9.17, 15) is 13.2 Å². The third-order valence-electron chi connectivity index (χ3n) is 2.98. The van der Waals surface area contributed by atoms with Crippen LogP contribution in [0.3, 0.4) is 0 Å². The Morgan fingerprint density at radius 3 is 2.67 bits per heavy atom. The fourth-order valence-electron chi connectivity index (χ4n) is 2.00. The zero-order chi connectivity index (χ0) is 13.2. The minimum absolute atomic E-state index is 0.112. The Morgan fingerprint density at radius 2 is 2.06 bits per heavy atom. The summed E-state index contributed by atoms with van der Waals surface area (Å²) in [5, 5.41) is 0. The molecule has 6 nitrogen and oxygen atoms in total. The number of hydrogen-bond donors (Lipinski definition) is 0. The van der Waals surface area contributed by atoms with Gasteiger partial charge >= 0.3 is 0 Å². The first-order chi connectivity index (χ1) is 8.48. The average Bonchev–Trinajstić information content (AvgIpc) is 2.70. The lowest BCUT2D eigenvalue weighted by atomic mass is 10.3. The summed E-state index contributed by atoms with van der Waals surface area (Å²) >= 11 is 0. The van der Waals surface area contributed by atoms with Crippen LogP contribution >= 0.6 is 0 Å². The van der Waals surface area contributed by atoms with Crippen molar-refractivity contribution in [2.45, 2.75) is 6.42 Å². The van der Waals surface area contributed by atoms with Gasteiger partial charge in [0.05, 0.1) is 18.1 Å². The molecule has 18 heavy (non-hydrogen) atoms.